The number of ether oxygens (including phenoxy) is 1. The predicted molar refractivity (Wildman–Crippen MR) is 89.7 cm³/mol. The molecule has 2 aliphatic heterocycles. The van der Waals surface area contributed by atoms with E-state index in [1.807, 2.05) is 19.9 Å². The highest BCUT2D eigenvalue weighted by Gasteiger charge is 2.60. The maximum Gasteiger partial charge on any atom is 0.245 e. The van der Waals surface area contributed by atoms with Crippen LogP contribution in [0.2, 0.25) is 0 Å². The maximum absolute atomic E-state index is 13.1. The number of nitrogens with one attached hydrogen (secondary N) is 1. The third kappa shape index (κ3) is 1.84. The molecular formula is C19H17N3O3. The molecule has 3 N–H and O–H groups in total. The average Bonchev–Trinajstić information content (AvgIpc) is 2.79. The van der Waals surface area contributed by atoms with Crippen LogP contribution >= 0.6 is 0 Å². The van der Waals surface area contributed by atoms with Gasteiger partial charge in [0.25, 0.3) is 0 Å². The van der Waals surface area contributed by atoms with Gasteiger partial charge >= 0.3 is 0 Å². The summed E-state index contributed by atoms with van der Waals surface area (Å²) in [6.07, 6.45) is 0.760. The summed E-state index contributed by atoms with van der Waals surface area (Å²) in [6.45, 7) is 3.93. The first-order valence-electron chi connectivity index (χ1n) is 8.07. The minimum atomic E-state index is -1.52. The second kappa shape index (κ2) is 4.73. The average molecular weight is 335 g/mol. The lowest BCUT2D eigenvalue weighted by Gasteiger charge is -2.41. The van der Waals surface area contributed by atoms with Crippen molar-refractivity contribution >= 4 is 17.4 Å². The van der Waals surface area contributed by atoms with Gasteiger partial charge in [-0.1, -0.05) is 32.0 Å². The minimum absolute atomic E-state index is 0.0262. The molecule has 1 spiro atoms. The van der Waals surface area contributed by atoms with Crippen LogP contribution < -0.4 is 11.1 Å². The first-order chi connectivity index (χ1) is 11.8. The SMILES string of the molecule is CC1(C)CC(=O)C2=C(C1)OC(N)=C(C#N)[C@]21C(=O)Nc2ccccc21. The van der Waals surface area contributed by atoms with Gasteiger partial charge in [-0.3, -0.25) is 9.59 Å². The summed E-state index contributed by atoms with van der Waals surface area (Å²) < 4.78 is 5.66. The number of allylic oxidation sites excluding steroid dienone is 1. The molecule has 25 heavy (non-hydrogen) atoms. The Hall–Kier alpha value is -3.07. The monoisotopic (exact) mass is 335 g/mol. The van der Waals surface area contributed by atoms with E-state index in [2.05, 4.69) is 5.32 Å². The van der Waals surface area contributed by atoms with Crippen molar-refractivity contribution in [3.8, 4) is 6.07 Å². The molecule has 0 saturated carbocycles. The number of nitrogens with zero attached hydrogens (tertiary/aromatic N) is 1. The van der Waals surface area contributed by atoms with Crippen LogP contribution in [-0.4, -0.2) is 11.7 Å². The number of benzene rings is 1. The third-order valence-electron chi connectivity index (χ3n) is 5.10. The van der Waals surface area contributed by atoms with Gasteiger partial charge in [0.1, 0.15) is 22.8 Å². The van der Waals surface area contributed by atoms with Crippen LogP contribution in [0.4, 0.5) is 5.69 Å². The molecule has 6 nitrogen and oxygen atoms in total. The molecule has 6 heteroatoms. The zero-order valence-electron chi connectivity index (χ0n) is 14.0. The smallest absolute Gasteiger partial charge is 0.245 e. The molecule has 1 aromatic carbocycles. The Kier molecular flexibility index (Phi) is 2.92. The van der Waals surface area contributed by atoms with Crippen molar-refractivity contribution in [2.24, 2.45) is 11.1 Å². The largest absolute Gasteiger partial charge is 0.444 e. The van der Waals surface area contributed by atoms with Crippen LogP contribution in [0.15, 0.2) is 47.1 Å². The number of nitriles is 1. The topological polar surface area (TPSA) is 105 Å². The summed E-state index contributed by atoms with van der Waals surface area (Å²) in [4.78, 5) is 26.1. The van der Waals surface area contributed by atoms with E-state index in [1.165, 1.54) is 0 Å². The zero-order chi connectivity index (χ0) is 18.0. The first-order valence-corrected chi connectivity index (χ1v) is 8.07. The summed E-state index contributed by atoms with van der Waals surface area (Å²) in [6, 6.07) is 9.08. The number of carbonyl (C=O) groups excluding carboxylic acids is 2. The van der Waals surface area contributed by atoms with Gasteiger partial charge < -0.3 is 15.8 Å². The van der Waals surface area contributed by atoms with Crippen molar-refractivity contribution in [2.45, 2.75) is 32.1 Å². The van der Waals surface area contributed by atoms with Crippen molar-refractivity contribution in [3.63, 3.8) is 0 Å². The summed E-state index contributed by atoms with van der Waals surface area (Å²) >= 11 is 0. The molecule has 4 rings (SSSR count). The number of para-hydroxylation sites is 1. The van der Waals surface area contributed by atoms with Gasteiger partial charge in [0.05, 0.1) is 5.57 Å². The molecule has 0 radical (unpaired) electrons. The number of anilines is 1. The Bertz CT molecular complexity index is 949. The molecule has 0 bridgehead atoms. The number of amides is 1. The number of nitrogens with two attached hydrogens (primary N) is 1. The molecule has 1 aromatic rings. The van der Waals surface area contributed by atoms with Crippen LogP contribution in [0.5, 0.6) is 0 Å². The Morgan fingerprint density at radius 3 is 2.68 bits per heavy atom. The van der Waals surface area contributed by atoms with E-state index < -0.39 is 11.3 Å². The molecule has 1 aliphatic carbocycles. The number of Topliss-reactive ketones (excluding diaryl/α,β-unsaturated/α-hetero) is 1. The number of ketones is 1. The highest BCUT2D eigenvalue weighted by molar-refractivity contribution is 6.19. The molecule has 0 saturated heterocycles. The molecule has 2 heterocycles. The lowest BCUT2D eigenvalue weighted by atomic mass is 9.62. The van der Waals surface area contributed by atoms with E-state index in [-0.39, 0.29) is 34.6 Å². The fraction of sp³-hybridized carbons (Fsp3) is 0.316. The second-order valence-corrected chi connectivity index (χ2v) is 7.44. The molecule has 0 unspecified atom stereocenters. The number of hydrogen-bond acceptors (Lipinski definition) is 5. The van der Waals surface area contributed by atoms with Crippen LogP contribution in [0.3, 0.4) is 0 Å². The molecule has 0 fully saturated rings. The summed E-state index contributed by atoms with van der Waals surface area (Å²) in [5, 5.41) is 12.5. The van der Waals surface area contributed by atoms with Crippen LogP contribution in [-0.2, 0) is 19.7 Å². The van der Waals surface area contributed by atoms with Gasteiger partial charge in [-0.25, -0.2) is 0 Å². The number of fused-ring (bicyclic) bond motifs is 3. The highest BCUT2D eigenvalue weighted by Crippen LogP contribution is 2.55. The lowest BCUT2D eigenvalue weighted by molar-refractivity contribution is -0.124. The fourth-order valence-corrected chi connectivity index (χ4v) is 4.16. The Morgan fingerprint density at radius 1 is 1.24 bits per heavy atom. The summed E-state index contributed by atoms with van der Waals surface area (Å²) in [7, 11) is 0. The van der Waals surface area contributed by atoms with Crippen molar-refractivity contribution in [2.75, 3.05) is 5.32 Å². The Morgan fingerprint density at radius 2 is 1.96 bits per heavy atom. The Labute approximate surface area is 144 Å². The summed E-state index contributed by atoms with van der Waals surface area (Å²) in [5.74, 6) is -0.335. The number of rotatable bonds is 0. The van der Waals surface area contributed by atoms with E-state index in [4.69, 9.17) is 10.5 Å². The number of hydrogen-bond donors (Lipinski definition) is 2. The van der Waals surface area contributed by atoms with Gasteiger partial charge in [-0.05, 0) is 11.5 Å². The van der Waals surface area contributed by atoms with E-state index in [1.54, 1.807) is 24.3 Å². The van der Waals surface area contributed by atoms with Crippen LogP contribution in [0.1, 0.15) is 32.3 Å². The Balaban J connectivity index is 2.09. The molecule has 1 atom stereocenters. The van der Waals surface area contributed by atoms with E-state index in [0.717, 1.165) is 0 Å². The van der Waals surface area contributed by atoms with Gasteiger partial charge in [0.2, 0.25) is 11.8 Å². The minimum Gasteiger partial charge on any atom is -0.444 e. The molecule has 0 aromatic heterocycles. The van der Waals surface area contributed by atoms with E-state index in [0.29, 0.717) is 23.4 Å². The molecule has 1 amide bonds. The van der Waals surface area contributed by atoms with Crippen molar-refractivity contribution in [3.05, 3.63) is 52.6 Å². The van der Waals surface area contributed by atoms with Gasteiger partial charge in [0.15, 0.2) is 5.78 Å². The number of carbonyl (C=O) groups is 2. The van der Waals surface area contributed by atoms with Gasteiger partial charge in [-0.2, -0.15) is 5.26 Å². The fourth-order valence-electron chi connectivity index (χ4n) is 4.16. The van der Waals surface area contributed by atoms with Crippen molar-refractivity contribution < 1.29 is 14.3 Å². The summed E-state index contributed by atoms with van der Waals surface area (Å²) in [5.41, 5.74) is 5.58. The molecule has 126 valence electrons. The van der Waals surface area contributed by atoms with Crippen molar-refractivity contribution in [1.82, 2.24) is 0 Å². The standard InChI is InChI=1S/C19H17N3O3/c1-18(2)7-13(23)15-14(8-18)25-16(21)11(9-20)19(15)10-5-3-4-6-12(10)22-17(19)24/h3-6H,7-8,21H2,1-2H3,(H,22,24)/t19-/m0/s1. The lowest BCUT2D eigenvalue weighted by Crippen LogP contribution is -2.48. The molecular weight excluding hydrogens is 318 g/mol. The normalized spacial score (nSPS) is 26.8. The third-order valence-corrected chi connectivity index (χ3v) is 5.10. The highest BCUT2D eigenvalue weighted by atomic mass is 16.5. The first kappa shape index (κ1) is 15.5. The van der Waals surface area contributed by atoms with E-state index >= 15 is 0 Å². The zero-order valence-corrected chi connectivity index (χ0v) is 14.0. The van der Waals surface area contributed by atoms with Crippen LogP contribution in [0.25, 0.3) is 0 Å². The molecule has 3 aliphatic rings. The predicted octanol–water partition coefficient (Wildman–Crippen LogP) is 2.24. The van der Waals surface area contributed by atoms with Crippen LogP contribution in [0, 0.1) is 16.7 Å². The van der Waals surface area contributed by atoms with E-state index in [9.17, 15) is 14.9 Å². The van der Waals surface area contributed by atoms with Crippen molar-refractivity contribution in [1.29, 1.82) is 5.26 Å². The second-order valence-electron chi connectivity index (χ2n) is 7.44. The van der Waals surface area contributed by atoms with Gasteiger partial charge in [0, 0.05) is 24.1 Å². The quantitative estimate of drug-likeness (QED) is 0.756. The van der Waals surface area contributed by atoms with Gasteiger partial charge in [-0.15, -0.1) is 0 Å². The maximum atomic E-state index is 13.1.